The molecule has 10 rings (SSSR count). The number of fused-ring (bicyclic) bond motifs is 12. The van der Waals surface area contributed by atoms with Crippen LogP contribution in [0.25, 0.3) is 33.7 Å². The Bertz CT molecular complexity index is 3100. The molecule has 2 aliphatic rings. The van der Waals surface area contributed by atoms with Crippen molar-refractivity contribution < 1.29 is 10.2 Å². The number of para-hydroxylation sites is 2. The maximum absolute atomic E-state index is 13.1. The molecule has 0 radical (unpaired) electrons. The monoisotopic (exact) mass is 876 g/mol. The van der Waals surface area contributed by atoms with Crippen LogP contribution in [-0.2, 0) is 24.3 Å². The van der Waals surface area contributed by atoms with Gasteiger partial charge in [-0.3, -0.25) is 9.59 Å². The van der Waals surface area contributed by atoms with Gasteiger partial charge in [0, 0.05) is 23.8 Å². The van der Waals surface area contributed by atoms with Gasteiger partial charge in [0.1, 0.15) is 22.0 Å². The first-order valence-electron chi connectivity index (χ1n) is 20.8. The van der Waals surface area contributed by atoms with Crippen molar-refractivity contribution >= 4 is 51.2 Å². The van der Waals surface area contributed by atoms with E-state index in [1.807, 2.05) is 122 Å². The highest BCUT2D eigenvalue weighted by atomic mass is 32.2. The van der Waals surface area contributed by atoms with E-state index in [0.29, 0.717) is 95.0 Å². The summed E-state index contributed by atoms with van der Waals surface area (Å²) < 4.78 is 6.61. The summed E-state index contributed by atoms with van der Waals surface area (Å²) in [5.41, 5.74) is 6.66. The largest absolute Gasteiger partial charge is 0.399 e. The molecule has 5 N–H and O–H groups in total. The number of nitrogens with two attached hydrogens (primary N) is 1. The topological polar surface area (TPSA) is 210 Å². The molecule has 326 valence electrons. The highest BCUT2D eigenvalue weighted by molar-refractivity contribution is 7.98. The Labute approximate surface area is 372 Å². The third kappa shape index (κ3) is 9.27. The van der Waals surface area contributed by atoms with Crippen LogP contribution in [-0.4, -0.2) is 65.1 Å². The summed E-state index contributed by atoms with van der Waals surface area (Å²) in [6.07, 6.45) is 15.3. The number of benzene rings is 2. The van der Waals surface area contributed by atoms with Crippen LogP contribution < -0.4 is 22.2 Å². The summed E-state index contributed by atoms with van der Waals surface area (Å²) in [6.45, 7) is 4.29. The first-order valence-corrected chi connectivity index (χ1v) is 22.0. The lowest BCUT2D eigenvalue weighted by Gasteiger charge is -2.22. The lowest BCUT2D eigenvalue weighted by atomic mass is 9.95. The van der Waals surface area contributed by atoms with E-state index in [-0.39, 0.29) is 11.1 Å². The fourth-order valence-corrected chi connectivity index (χ4v) is 7.69. The molecule has 4 bridgehead atoms. The third-order valence-corrected chi connectivity index (χ3v) is 11.4. The third-order valence-electron chi connectivity index (χ3n) is 10.8. The minimum absolute atomic E-state index is 0.157. The van der Waals surface area contributed by atoms with Crippen LogP contribution in [0.15, 0.2) is 149 Å². The van der Waals surface area contributed by atoms with E-state index in [0.717, 1.165) is 11.4 Å². The van der Waals surface area contributed by atoms with Gasteiger partial charge in [0.05, 0.1) is 24.5 Å². The fraction of sp³-hybridized carbons (Fsp3) is 0.234. The number of hydrogen-bond donors (Lipinski definition) is 4. The lowest BCUT2D eigenvalue weighted by molar-refractivity contribution is 0.0439. The van der Waals surface area contributed by atoms with Crippen molar-refractivity contribution in [2.45, 2.75) is 69.0 Å². The van der Waals surface area contributed by atoms with Gasteiger partial charge in [-0.2, -0.15) is 4.98 Å². The van der Waals surface area contributed by atoms with Crippen molar-refractivity contribution in [1.82, 2.24) is 48.6 Å². The zero-order chi connectivity index (χ0) is 44.8. The Balaban J connectivity index is 0.000000154. The average molecular weight is 877 g/mol. The zero-order valence-electron chi connectivity index (χ0n) is 35.6. The number of pyridine rings is 2. The molecule has 64 heavy (non-hydrogen) atoms. The maximum Gasteiger partial charge on any atom is 0.278 e. The van der Waals surface area contributed by atoms with E-state index in [9.17, 15) is 19.8 Å². The Hall–Kier alpha value is -7.21. The minimum Gasteiger partial charge on any atom is -0.399 e. The van der Waals surface area contributed by atoms with E-state index in [1.54, 1.807) is 51.0 Å². The van der Waals surface area contributed by atoms with Gasteiger partial charge in [-0.1, -0.05) is 84.6 Å². The van der Waals surface area contributed by atoms with Gasteiger partial charge in [0.25, 0.3) is 11.1 Å². The number of hydrogen-bond acceptors (Lipinski definition) is 13. The summed E-state index contributed by atoms with van der Waals surface area (Å²) in [4.78, 5) is 53.1. The number of anilines is 3. The summed E-state index contributed by atoms with van der Waals surface area (Å²) in [5, 5.41) is 26.3. The Morgan fingerprint density at radius 3 is 1.62 bits per heavy atom. The van der Waals surface area contributed by atoms with Crippen molar-refractivity contribution in [2.24, 2.45) is 0 Å². The SMILES string of the molecule is CSc1ncc2c(=O)n3n(c2n1)-c1cccc(n1)[C@@](C)(O)CC/C=C\C3.C[C@]1(O)CC/C=C\Cn2c(=O)c3cnc(Nc4ccccc4)nc3n2-c2cccc1n2.Nc1ccccc1. The molecule has 0 unspecified atom stereocenters. The zero-order valence-corrected chi connectivity index (χ0v) is 36.4. The number of nitrogens with one attached hydrogen (secondary N) is 1. The van der Waals surface area contributed by atoms with E-state index in [1.165, 1.54) is 11.8 Å². The van der Waals surface area contributed by atoms with Crippen LogP contribution in [0.5, 0.6) is 0 Å². The van der Waals surface area contributed by atoms with E-state index in [4.69, 9.17) is 10.7 Å². The van der Waals surface area contributed by atoms with Gasteiger partial charge in [-0.05, 0) is 94.3 Å². The van der Waals surface area contributed by atoms with Gasteiger partial charge in [-0.15, -0.1) is 0 Å². The Kier molecular flexibility index (Phi) is 12.7. The van der Waals surface area contributed by atoms with Crippen molar-refractivity contribution in [1.29, 1.82) is 0 Å². The molecular weight excluding hydrogens is 829 g/mol. The quantitative estimate of drug-likeness (QED) is 0.0624. The summed E-state index contributed by atoms with van der Waals surface area (Å²) in [7, 11) is 0. The second kappa shape index (κ2) is 18.6. The van der Waals surface area contributed by atoms with Crippen molar-refractivity contribution in [3.05, 3.63) is 166 Å². The molecule has 2 aliphatic heterocycles. The number of nitrogens with zero attached hydrogens (tertiary/aromatic N) is 10. The normalized spacial score (nSPS) is 19.0. The van der Waals surface area contributed by atoms with Crippen molar-refractivity contribution in [3.8, 4) is 11.6 Å². The summed E-state index contributed by atoms with van der Waals surface area (Å²) in [5.74, 6) is 1.45. The lowest BCUT2D eigenvalue weighted by Crippen LogP contribution is -2.24. The molecular formula is C47H48N12O4S. The molecule has 0 aliphatic carbocycles. The predicted molar refractivity (Wildman–Crippen MR) is 250 cm³/mol. The number of aliphatic hydroxyl groups is 2. The summed E-state index contributed by atoms with van der Waals surface area (Å²) in [6, 6.07) is 30.0. The molecule has 0 saturated carbocycles. The standard InChI is InChI=1S/C23H22N6O2.C18H19N5O2S.C6H7N/c1-23(31)13-6-3-7-14-28-21(30)17-15-24-22(25-16-9-4-2-5-10-16)27-20(17)29(28)19-12-8-11-18(23)26-19;1-18(25)9-4-3-5-10-22-16(24)12-11-19-17(26-2)21-15(12)23(22)14-8-6-7-13(18)20-14;7-6-4-2-1-3-5-6/h2-5,7-12,15,31H,6,13-14H2,1H3,(H,24,25,27);3,5-8,11,25H,4,9-10H2,1-2H3;1-5H,7H2/b7-3-;5-3-;/t23-;18-;/m00./s1. The highest BCUT2D eigenvalue weighted by Crippen LogP contribution is 2.29. The van der Waals surface area contributed by atoms with Crippen molar-refractivity contribution in [3.63, 3.8) is 0 Å². The molecule has 8 aromatic rings. The van der Waals surface area contributed by atoms with E-state index >= 15 is 0 Å². The predicted octanol–water partition coefficient (Wildman–Crippen LogP) is 6.80. The van der Waals surface area contributed by atoms with Crippen LogP contribution in [0.1, 0.15) is 50.9 Å². The second-order valence-corrected chi connectivity index (χ2v) is 16.4. The highest BCUT2D eigenvalue weighted by Gasteiger charge is 2.28. The fourth-order valence-electron chi connectivity index (χ4n) is 7.35. The molecule has 0 fully saturated rings. The molecule has 0 spiro atoms. The van der Waals surface area contributed by atoms with Crippen LogP contribution in [0.3, 0.4) is 0 Å². The minimum atomic E-state index is -1.08. The molecule has 8 heterocycles. The van der Waals surface area contributed by atoms with Crippen molar-refractivity contribution in [2.75, 3.05) is 17.3 Å². The number of rotatable bonds is 3. The summed E-state index contributed by atoms with van der Waals surface area (Å²) >= 11 is 1.42. The Morgan fingerprint density at radius 1 is 0.625 bits per heavy atom. The number of nitrogen functional groups attached to an aromatic ring is 1. The molecule has 17 heteroatoms. The average Bonchev–Trinajstić information content (AvgIpc) is 3.73. The van der Waals surface area contributed by atoms with Crippen LogP contribution in [0, 0.1) is 0 Å². The van der Waals surface area contributed by atoms with Crippen LogP contribution in [0.2, 0.25) is 0 Å². The van der Waals surface area contributed by atoms with E-state index in [2.05, 4.69) is 30.2 Å². The van der Waals surface area contributed by atoms with Gasteiger partial charge in [0.2, 0.25) is 5.95 Å². The molecule has 0 amide bonds. The Morgan fingerprint density at radius 2 is 1.12 bits per heavy atom. The second-order valence-electron chi connectivity index (χ2n) is 15.7. The van der Waals surface area contributed by atoms with Gasteiger partial charge in [-0.25, -0.2) is 43.6 Å². The van der Waals surface area contributed by atoms with Crippen LogP contribution in [0.4, 0.5) is 17.3 Å². The molecule has 2 atom stereocenters. The number of aromatic nitrogens is 10. The van der Waals surface area contributed by atoms with Gasteiger partial charge >= 0.3 is 0 Å². The molecule has 2 aromatic carbocycles. The first kappa shape index (κ1) is 43.4. The van der Waals surface area contributed by atoms with Gasteiger partial charge < -0.3 is 21.3 Å². The number of allylic oxidation sites excluding steroid dienone is 4. The number of thioether (sulfide) groups is 1. The van der Waals surface area contributed by atoms with E-state index < -0.39 is 11.2 Å². The van der Waals surface area contributed by atoms with Gasteiger partial charge in [0.15, 0.2) is 28.1 Å². The first-order chi connectivity index (χ1) is 30.9. The molecule has 6 aromatic heterocycles. The molecule has 16 nitrogen and oxygen atoms in total. The maximum atomic E-state index is 13.1. The van der Waals surface area contributed by atoms with Crippen LogP contribution >= 0.6 is 11.8 Å². The molecule has 0 saturated heterocycles. The smallest absolute Gasteiger partial charge is 0.278 e.